The third-order valence-corrected chi connectivity index (χ3v) is 0.885. The van der Waals surface area contributed by atoms with E-state index in [4.69, 9.17) is 0 Å². The van der Waals surface area contributed by atoms with E-state index in [9.17, 15) is 0 Å². The first-order valence-electron chi connectivity index (χ1n) is 2.99. The molecule has 0 amide bonds. The van der Waals surface area contributed by atoms with Crippen LogP contribution in [0.15, 0.2) is 36.7 Å². The largest absolute Gasteiger partial charge is 4.00 e. The minimum absolute atomic E-state index is 0. The fourth-order valence-electron chi connectivity index (χ4n) is 0.481. The summed E-state index contributed by atoms with van der Waals surface area (Å²) in [6, 6.07) is 7.42. The number of aromatic nitrogens is 2. The molecule has 0 saturated heterocycles. The van der Waals surface area contributed by atoms with Crippen LogP contribution in [0.5, 0.6) is 0 Å². The first-order valence-corrected chi connectivity index (χ1v) is 2.99. The van der Waals surface area contributed by atoms with Gasteiger partial charge in [-0.3, -0.25) is 0 Å². The van der Waals surface area contributed by atoms with E-state index in [0.29, 0.717) is 0 Å². The molecule has 2 rings (SSSR count). The number of hydrogen-bond donors (Lipinski definition) is 2. The number of nitrogens with one attached hydrogen (secondary N) is 2. The molecule has 2 nitrogen and oxygen atoms in total. The zero-order valence-corrected chi connectivity index (χ0v) is 8.42. The third-order valence-electron chi connectivity index (χ3n) is 0.885. The van der Waals surface area contributed by atoms with Crippen molar-refractivity contribution < 1.29 is 29.1 Å². The van der Waals surface area contributed by atoms with Crippen LogP contribution in [-0.4, -0.2) is 9.97 Å². The molecular formula is C8H10N2Zr. The molecule has 0 saturated carbocycles. The molecule has 3 heteroatoms. The van der Waals surface area contributed by atoms with E-state index in [2.05, 4.69) is 22.4 Å². The first kappa shape index (κ1) is 10.4. The molecule has 2 heterocycles. The summed E-state index contributed by atoms with van der Waals surface area (Å²) in [6.07, 6.45) is 9.11. The van der Waals surface area contributed by atoms with E-state index in [1.807, 2.05) is 36.7 Å². The second kappa shape index (κ2) is 7.55. The fraction of sp³-hybridized carbons (Fsp3) is 0. The van der Waals surface area contributed by atoms with E-state index < -0.39 is 0 Å². The molecule has 0 unspecified atom stereocenters. The monoisotopic (exact) mass is 224 g/mol. The van der Waals surface area contributed by atoms with Gasteiger partial charge in [-0.05, 0) is 0 Å². The molecule has 0 spiro atoms. The Morgan fingerprint density at radius 3 is 1.45 bits per heavy atom. The van der Waals surface area contributed by atoms with Gasteiger partial charge in [-0.15, -0.1) is 12.4 Å². The van der Waals surface area contributed by atoms with Gasteiger partial charge in [0.15, 0.2) is 0 Å². The predicted molar refractivity (Wildman–Crippen MR) is 41.5 cm³/mol. The molecule has 2 aromatic rings. The van der Waals surface area contributed by atoms with Crippen molar-refractivity contribution in [2.24, 2.45) is 0 Å². The van der Waals surface area contributed by atoms with E-state index in [-0.39, 0.29) is 29.1 Å². The summed E-state index contributed by atoms with van der Waals surface area (Å²) in [5.41, 5.74) is 0. The zero-order chi connectivity index (χ0) is 7.07. The topological polar surface area (TPSA) is 31.6 Å². The van der Waals surface area contributed by atoms with Crippen molar-refractivity contribution >= 4 is 0 Å². The minimum atomic E-state index is 0. The van der Waals surface area contributed by atoms with Crippen LogP contribution in [-0.2, 0) is 26.2 Å². The SMILES string of the molecule is [H-].[H-].[Zr+4].[c-]1ccc[nH]1.[c-]1ccc[nH]1. The maximum Gasteiger partial charge on any atom is 4.00 e. The average Bonchev–Trinajstić information content (AvgIpc) is 2.67. The van der Waals surface area contributed by atoms with Crippen molar-refractivity contribution in [3.8, 4) is 0 Å². The van der Waals surface area contributed by atoms with E-state index in [1.165, 1.54) is 0 Å². The van der Waals surface area contributed by atoms with Gasteiger partial charge in [0, 0.05) is 0 Å². The molecule has 11 heavy (non-hydrogen) atoms. The Morgan fingerprint density at radius 1 is 0.909 bits per heavy atom. The Balaban J connectivity index is -0.000000125. The van der Waals surface area contributed by atoms with Crippen molar-refractivity contribution in [3.05, 3.63) is 49.1 Å². The Morgan fingerprint density at radius 2 is 1.36 bits per heavy atom. The van der Waals surface area contributed by atoms with Gasteiger partial charge in [-0.2, -0.15) is 36.7 Å². The van der Waals surface area contributed by atoms with Crippen LogP contribution >= 0.6 is 0 Å². The molecule has 0 atom stereocenters. The molecule has 0 radical (unpaired) electrons. The van der Waals surface area contributed by atoms with Crippen LogP contribution in [0.2, 0.25) is 0 Å². The average molecular weight is 225 g/mol. The maximum atomic E-state index is 2.74. The first-order chi connectivity index (χ1) is 5.00. The van der Waals surface area contributed by atoms with Gasteiger partial charge < -0.3 is 12.8 Å². The molecule has 0 aliphatic rings. The summed E-state index contributed by atoms with van der Waals surface area (Å²) in [5, 5.41) is 0. The van der Waals surface area contributed by atoms with Crippen LogP contribution in [0, 0.1) is 12.4 Å². The van der Waals surface area contributed by atoms with Crippen LogP contribution in [0.3, 0.4) is 0 Å². The summed E-state index contributed by atoms with van der Waals surface area (Å²) < 4.78 is 0. The number of hydrogen-bond acceptors (Lipinski definition) is 0. The Labute approximate surface area is 88.1 Å². The summed E-state index contributed by atoms with van der Waals surface area (Å²) in [5.74, 6) is 0. The molecule has 2 aromatic heterocycles. The maximum absolute atomic E-state index is 2.74. The summed E-state index contributed by atoms with van der Waals surface area (Å²) in [7, 11) is 0. The molecule has 0 bridgehead atoms. The smallest absolute Gasteiger partial charge is 1.00 e. The minimum Gasteiger partial charge on any atom is -1.00 e. The van der Waals surface area contributed by atoms with Gasteiger partial charge in [-0.1, -0.05) is 0 Å². The van der Waals surface area contributed by atoms with Crippen molar-refractivity contribution in [1.29, 1.82) is 0 Å². The standard InChI is InChI=1S/2C4H4N.Zr.2H/c2*1-2-4-5-3-1;;;/h2*1-3,5H;;;/q2*-1;+4;2*-1. The van der Waals surface area contributed by atoms with Crippen LogP contribution in [0.1, 0.15) is 2.85 Å². The molecule has 0 aliphatic carbocycles. The van der Waals surface area contributed by atoms with Gasteiger partial charge in [0.05, 0.1) is 0 Å². The third kappa shape index (κ3) is 5.87. The molecule has 2 N–H and O–H groups in total. The van der Waals surface area contributed by atoms with Crippen LogP contribution < -0.4 is 0 Å². The number of aromatic amines is 2. The molecule has 0 fully saturated rings. The molecule has 0 aliphatic heterocycles. The second-order valence-electron chi connectivity index (χ2n) is 1.63. The van der Waals surface area contributed by atoms with Crippen molar-refractivity contribution in [2.45, 2.75) is 0 Å². The van der Waals surface area contributed by atoms with E-state index in [1.54, 1.807) is 0 Å². The normalized spacial score (nSPS) is 7.27. The quantitative estimate of drug-likeness (QED) is 0.641. The van der Waals surface area contributed by atoms with Crippen molar-refractivity contribution in [1.82, 2.24) is 9.97 Å². The second-order valence-corrected chi connectivity index (χ2v) is 1.63. The van der Waals surface area contributed by atoms with E-state index in [0.717, 1.165) is 0 Å². The van der Waals surface area contributed by atoms with Gasteiger partial charge in [-0.25, -0.2) is 0 Å². The van der Waals surface area contributed by atoms with Gasteiger partial charge in [0.2, 0.25) is 0 Å². The fourth-order valence-corrected chi connectivity index (χ4v) is 0.481. The van der Waals surface area contributed by atoms with Gasteiger partial charge >= 0.3 is 26.2 Å². The summed E-state index contributed by atoms with van der Waals surface area (Å²) in [4.78, 5) is 5.47. The van der Waals surface area contributed by atoms with Crippen molar-refractivity contribution in [3.63, 3.8) is 0 Å². The van der Waals surface area contributed by atoms with Gasteiger partial charge in [0.25, 0.3) is 0 Å². The Hall–Kier alpha value is -0.557. The van der Waals surface area contributed by atoms with Crippen molar-refractivity contribution in [2.75, 3.05) is 0 Å². The van der Waals surface area contributed by atoms with Crippen LogP contribution in [0.4, 0.5) is 0 Å². The molecular weight excluding hydrogens is 215 g/mol. The predicted octanol–water partition coefficient (Wildman–Crippen LogP) is 1.85. The van der Waals surface area contributed by atoms with E-state index >= 15 is 0 Å². The Kier molecular flexibility index (Phi) is 7.17. The molecule has 56 valence electrons. The summed E-state index contributed by atoms with van der Waals surface area (Å²) in [6.45, 7) is 0. The number of rotatable bonds is 0. The molecule has 0 aromatic carbocycles. The Bertz CT molecular complexity index is 159. The zero-order valence-electron chi connectivity index (χ0n) is 7.96. The van der Waals surface area contributed by atoms with Crippen LogP contribution in [0.25, 0.3) is 0 Å². The number of H-pyrrole nitrogens is 2. The van der Waals surface area contributed by atoms with Gasteiger partial charge in [0.1, 0.15) is 0 Å². The summed E-state index contributed by atoms with van der Waals surface area (Å²) >= 11 is 0.